The minimum absolute atomic E-state index is 0.0962. The van der Waals surface area contributed by atoms with Crippen molar-refractivity contribution >= 4 is 34.6 Å². The summed E-state index contributed by atoms with van der Waals surface area (Å²) >= 11 is 1.26. The molecule has 0 bridgehead atoms. The molecule has 0 radical (unpaired) electrons. The molecule has 0 aliphatic carbocycles. The SMILES string of the molecule is Cc1cccc(C)c1N1C(=O)CSC1=NC(=O)NCCCC(C)c1ccc(-c2ncn(-c3ccc(OC(F)(F)F)cc3)n2)cc1. The van der Waals surface area contributed by atoms with Crippen molar-refractivity contribution in [3.8, 4) is 22.8 Å². The van der Waals surface area contributed by atoms with Crippen molar-refractivity contribution in [2.45, 2.75) is 45.9 Å². The number of ether oxygens (including phenoxy) is 1. The number of nitrogens with zero attached hydrogens (tertiary/aromatic N) is 5. The summed E-state index contributed by atoms with van der Waals surface area (Å²) in [4.78, 5) is 35.2. The van der Waals surface area contributed by atoms with Gasteiger partial charge in [0.1, 0.15) is 12.1 Å². The fourth-order valence-electron chi connectivity index (χ4n) is 5.00. The third kappa shape index (κ3) is 7.90. The molecule has 1 saturated heterocycles. The van der Waals surface area contributed by atoms with Crippen LogP contribution in [-0.4, -0.2) is 50.5 Å². The van der Waals surface area contributed by atoms with Crippen molar-refractivity contribution in [3.63, 3.8) is 0 Å². The van der Waals surface area contributed by atoms with Gasteiger partial charge in [-0.15, -0.1) is 18.3 Å². The highest BCUT2D eigenvalue weighted by Crippen LogP contribution is 2.32. The molecule has 2 heterocycles. The highest BCUT2D eigenvalue weighted by Gasteiger charge is 2.32. The molecule has 45 heavy (non-hydrogen) atoms. The monoisotopic (exact) mass is 636 g/mol. The van der Waals surface area contributed by atoms with Gasteiger partial charge in [0.05, 0.1) is 17.1 Å². The van der Waals surface area contributed by atoms with Crippen LogP contribution in [0.4, 0.5) is 23.7 Å². The molecular weight excluding hydrogens is 605 g/mol. The number of urea groups is 1. The zero-order chi connectivity index (χ0) is 32.1. The summed E-state index contributed by atoms with van der Waals surface area (Å²) in [5, 5.41) is 7.67. The second-order valence-corrected chi connectivity index (χ2v) is 11.5. The molecule has 1 N–H and O–H groups in total. The number of rotatable bonds is 9. The number of halogens is 3. The Morgan fingerprint density at radius 2 is 1.76 bits per heavy atom. The summed E-state index contributed by atoms with van der Waals surface area (Å²) in [7, 11) is 0. The summed E-state index contributed by atoms with van der Waals surface area (Å²) in [5.41, 5.74) is 5.12. The maximum absolute atomic E-state index is 12.6. The van der Waals surface area contributed by atoms with E-state index in [9.17, 15) is 22.8 Å². The van der Waals surface area contributed by atoms with Gasteiger partial charge >= 0.3 is 12.4 Å². The van der Waals surface area contributed by atoms with E-state index in [2.05, 4.69) is 32.1 Å². The zero-order valence-electron chi connectivity index (χ0n) is 24.8. The number of carbonyl (C=O) groups is 2. The van der Waals surface area contributed by atoms with E-state index in [-0.39, 0.29) is 23.3 Å². The van der Waals surface area contributed by atoms with Crippen LogP contribution in [-0.2, 0) is 4.79 Å². The summed E-state index contributed by atoms with van der Waals surface area (Å²) < 4.78 is 42.6. The number of carbonyl (C=O) groups excluding carboxylic acids is 2. The van der Waals surface area contributed by atoms with Crippen LogP contribution in [0.5, 0.6) is 5.75 Å². The van der Waals surface area contributed by atoms with Gasteiger partial charge in [0.25, 0.3) is 0 Å². The predicted octanol–water partition coefficient (Wildman–Crippen LogP) is 7.18. The highest BCUT2D eigenvalue weighted by atomic mass is 32.2. The van der Waals surface area contributed by atoms with Gasteiger partial charge in [0.2, 0.25) is 5.91 Å². The molecule has 5 rings (SSSR count). The molecule has 1 aliphatic heterocycles. The van der Waals surface area contributed by atoms with Gasteiger partial charge < -0.3 is 10.1 Å². The smallest absolute Gasteiger partial charge is 0.406 e. The maximum Gasteiger partial charge on any atom is 0.573 e. The van der Waals surface area contributed by atoms with Crippen molar-refractivity contribution < 1.29 is 27.5 Å². The fourth-order valence-corrected chi connectivity index (χ4v) is 5.85. The molecule has 4 aromatic rings. The van der Waals surface area contributed by atoms with Crippen molar-refractivity contribution in [3.05, 3.63) is 89.7 Å². The number of aliphatic imine (C=N–C) groups is 1. The van der Waals surface area contributed by atoms with Crippen LogP contribution in [0.3, 0.4) is 0 Å². The van der Waals surface area contributed by atoms with Crippen LogP contribution in [0.25, 0.3) is 17.1 Å². The van der Waals surface area contributed by atoms with E-state index >= 15 is 0 Å². The Kier molecular flexibility index (Phi) is 9.57. The van der Waals surface area contributed by atoms with Crippen LogP contribution in [0.15, 0.2) is 78.0 Å². The molecule has 1 unspecified atom stereocenters. The first-order valence-electron chi connectivity index (χ1n) is 14.2. The quantitative estimate of drug-likeness (QED) is 0.195. The van der Waals surface area contributed by atoms with Gasteiger partial charge in [0, 0.05) is 12.1 Å². The lowest BCUT2D eigenvalue weighted by Gasteiger charge is -2.20. The normalized spacial score (nSPS) is 15.0. The van der Waals surface area contributed by atoms with Gasteiger partial charge in [-0.05, 0) is 73.6 Å². The average molecular weight is 637 g/mol. The minimum atomic E-state index is -4.75. The van der Waals surface area contributed by atoms with E-state index in [4.69, 9.17) is 0 Å². The zero-order valence-corrected chi connectivity index (χ0v) is 25.7. The summed E-state index contributed by atoms with van der Waals surface area (Å²) in [6.07, 6.45) is -1.68. The molecule has 3 amide bonds. The third-order valence-electron chi connectivity index (χ3n) is 7.28. The predicted molar refractivity (Wildman–Crippen MR) is 168 cm³/mol. The van der Waals surface area contributed by atoms with Crippen molar-refractivity contribution in [1.29, 1.82) is 0 Å². The lowest BCUT2D eigenvalue weighted by molar-refractivity contribution is -0.274. The lowest BCUT2D eigenvalue weighted by Crippen LogP contribution is -2.32. The van der Waals surface area contributed by atoms with Crippen LogP contribution in [0.1, 0.15) is 42.4 Å². The summed E-state index contributed by atoms with van der Waals surface area (Å²) in [6.45, 7) is 6.42. The van der Waals surface area contributed by atoms with E-state index < -0.39 is 12.4 Å². The first-order chi connectivity index (χ1) is 21.5. The molecule has 9 nitrogen and oxygen atoms in total. The maximum atomic E-state index is 12.6. The van der Waals surface area contributed by atoms with E-state index in [0.29, 0.717) is 23.2 Å². The highest BCUT2D eigenvalue weighted by molar-refractivity contribution is 8.15. The fraction of sp³-hybridized carbons (Fsp3) is 0.281. The lowest BCUT2D eigenvalue weighted by atomic mass is 9.95. The molecule has 0 saturated carbocycles. The Labute approximate surface area is 262 Å². The Morgan fingerprint density at radius 3 is 2.42 bits per heavy atom. The Balaban J connectivity index is 1.11. The number of hydrogen-bond acceptors (Lipinski definition) is 6. The van der Waals surface area contributed by atoms with Gasteiger partial charge in [-0.25, -0.2) is 14.5 Å². The number of aromatic nitrogens is 3. The van der Waals surface area contributed by atoms with E-state index in [0.717, 1.165) is 40.8 Å². The Morgan fingerprint density at radius 1 is 1.07 bits per heavy atom. The number of anilines is 1. The van der Waals surface area contributed by atoms with Crippen LogP contribution >= 0.6 is 11.8 Å². The standard InChI is InChI=1S/C32H31F3N6O3S/c1-20(8-5-17-36-30(43)38-31-41(27(42)18-45-31)28-21(2)6-4-7-22(28)3)23-9-11-24(12-10-23)29-37-19-40(39-29)25-13-15-26(16-14-25)44-32(33,34)35/h4,6-7,9-16,19-20H,5,8,17-18H2,1-3H3,(H,36,43). The van der Waals surface area contributed by atoms with E-state index in [1.54, 1.807) is 0 Å². The Bertz CT molecular complexity index is 1680. The minimum Gasteiger partial charge on any atom is -0.406 e. The van der Waals surface area contributed by atoms with Gasteiger partial charge in [0.15, 0.2) is 11.0 Å². The van der Waals surface area contributed by atoms with Crippen molar-refractivity contribution in [2.24, 2.45) is 4.99 Å². The molecule has 1 fully saturated rings. The number of amidine groups is 1. The number of aryl methyl sites for hydroxylation is 2. The first-order valence-corrected chi connectivity index (χ1v) is 15.2. The van der Waals surface area contributed by atoms with Crippen molar-refractivity contribution in [1.82, 2.24) is 20.1 Å². The van der Waals surface area contributed by atoms with E-state index in [1.165, 1.54) is 51.9 Å². The number of para-hydroxylation sites is 1. The molecule has 13 heteroatoms. The van der Waals surface area contributed by atoms with Crippen LogP contribution in [0.2, 0.25) is 0 Å². The molecule has 234 valence electrons. The number of benzene rings is 3. The number of alkyl halides is 3. The van der Waals surface area contributed by atoms with Crippen LogP contribution in [0, 0.1) is 13.8 Å². The first kappa shape index (κ1) is 31.8. The van der Waals surface area contributed by atoms with Gasteiger partial charge in [-0.1, -0.05) is 61.2 Å². The van der Waals surface area contributed by atoms with Crippen LogP contribution < -0.4 is 15.0 Å². The number of nitrogens with one attached hydrogen (secondary N) is 1. The number of amides is 3. The van der Waals surface area contributed by atoms with Gasteiger partial charge in [-0.3, -0.25) is 9.69 Å². The van der Waals surface area contributed by atoms with Crippen molar-refractivity contribution in [2.75, 3.05) is 17.2 Å². The Hall–Kier alpha value is -4.65. The molecule has 3 aromatic carbocycles. The van der Waals surface area contributed by atoms with Gasteiger partial charge in [-0.2, -0.15) is 4.99 Å². The summed E-state index contributed by atoms with van der Waals surface area (Å²) in [6, 6.07) is 18.6. The molecular formula is C32H31F3N6O3S. The average Bonchev–Trinajstić information content (AvgIpc) is 3.62. The molecule has 1 aliphatic rings. The number of thioether (sulfide) groups is 1. The van der Waals surface area contributed by atoms with E-state index in [1.807, 2.05) is 56.3 Å². The second kappa shape index (κ2) is 13.6. The largest absolute Gasteiger partial charge is 0.573 e. The third-order valence-corrected chi connectivity index (χ3v) is 8.20. The second-order valence-electron chi connectivity index (χ2n) is 10.6. The topological polar surface area (TPSA) is 102 Å². The molecule has 0 spiro atoms. The number of hydrogen-bond donors (Lipinski definition) is 1. The molecule has 1 atom stereocenters. The molecule has 1 aromatic heterocycles. The summed E-state index contributed by atoms with van der Waals surface area (Å²) in [5.74, 6) is 0.543.